The van der Waals surface area contributed by atoms with Crippen molar-refractivity contribution in [1.29, 1.82) is 0 Å². The first-order chi connectivity index (χ1) is 12.2. The zero-order chi connectivity index (χ0) is 17.2. The van der Waals surface area contributed by atoms with Crippen LogP contribution in [0.1, 0.15) is 6.92 Å². The molecule has 1 N–H and O–H groups in total. The summed E-state index contributed by atoms with van der Waals surface area (Å²) in [4.78, 5) is 20.0. The van der Waals surface area contributed by atoms with Gasteiger partial charge in [0.25, 0.3) is 0 Å². The minimum Gasteiger partial charge on any atom is -0.326 e. The summed E-state index contributed by atoms with van der Waals surface area (Å²) < 4.78 is 2.04. The van der Waals surface area contributed by atoms with Gasteiger partial charge in [0.2, 0.25) is 5.91 Å². The standard InChI is InChI=1S/C20H16N4O/c1-14(25)23-16-4-2-5-17(12-16)24-13-19(15-7-10-21-11-8-15)18-6-3-9-22-20(18)24/h2-13H,1H3,(H,23,25). The lowest BCUT2D eigenvalue weighted by atomic mass is 10.1. The lowest BCUT2D eigenvalue weighted by Crippen LogP contribution is -2.06. The predicted molar refractivity (Wildman–Crippen MR) is 98.6 cm³/mol. The summed E-state index contributed by atoms with van der Waals surface area (Å²) in [5, 5.41) is 3.89. The molecule has 25 heavy (non-hydrogen) atoms. The van der Waals surface area contributed by atoms with E-state index in [1.807, 2.05) is 47.0 Å². The second kappa shape index (κ2) is 6.20. The van der Waals surface area contributed by atoms with E-state index in [1.165, 1.54) is 6.92 Å². The van der Waals surface area contributed by atoms with E-state index in [0.29, 0.717) is 0 Å². The molecule has 5 heteroatoms. The van der Waals surface area contributed by atoms with Crippen LogP contribution in [0.4, 0.5) is 5.69 Å². The third-order valence-electron chi connectivity index (χ3n) is 4.00. The number of carbonyl (C=O) groups is 1. The van der Waals surface area contributed by atoms with Crippen LogP contribution in [-0.4, -0.2) is 20.4 Å². The first kappa shape index (κ1) is 15.1. The average Bonchev–Trinajstić information content (AvgIpc) is 3.02. The molecule has 4 rings (SSSR count). The van der Waals surface area contributed by atoms with Crippen molar-refractivity contribution >= 4 is 22.6 Å². The molecule has 3 heterocycles. The fraction of sp³-hybridized carbons (Fsp3) is 0.0500. The third kappa shape index (κ3) is 2.87. The molecule has 0 aliphatic heterocycles. The Bertz CT molecular complexity index is 1050. The van der Waals surface area contributed by atoms with Gasteiger partial charge in [-0.15, -0.1) is 0 Å². The topological polar surface area (TPSA) is 59.8 Å². The summed E-state index contributed by atoms with van der Waals surface area (Å²) in [7, 11) is 0. The van der Waals surface area contributed by atoms with Crippen LogP contribution in [-0.2, 0) is 4.79 Å². The lowest BCUT2D eigenvalue weighted by Gasteiger charge is -2.07. The Morgan fingerprint density at radius 1 is 1.04 bits per heavy atom. The fourth-order valence-corrected chi connectivity index (χ4v) is 2.95. The molecular weight excluding hydrogens is 312 g/mol. The molecule has 0 bridgehead atoms. The van der Waals surface area contributed by atoms with Crippen molar-refractivity contribution in [1.82, 2.24) is 14.5 Å². The molecule has 0 atom stereocenters. The molecule has 0 spiro atoms. The van der Waals surface area contributed by atoms with E-state index >= 15 is 0 Å². The highest BCUT2D eigenvalue weighted by Gasteiger charge is 2.12. The SMILES string of the molecule is CC(=O)Nc1cccc(-n2cc(-c3ccncc3)c3cccnc32)c1. The molecule has 1 amide bonds. The number of anilines is 1. The van der Waals surface area contributed by atoms with Crippen molar-refractivity contribution < 1.29 is 4.79 Å². The van der Waals surface area contributed by atoms with Gasteiger partial charge in [-0.2, -0.15) is 0 Å². The summed E-state index contributed by atoms with van der Waals surface area (Å²) in [6.07, 6.45) is 7.42. The Morgan fingerprint density at radius 2 is 1.88 bits per heavy atom. The van der Waals surface area contributed by atoms with Gasteiger partial charge in [0, 0.05) is 54.0 Å². The predicted octanol–water partition coefficient (Wildman–Crippen LogP) is 4.05. The highest BCUT2D eigenvalue weighted by atomic mass is 16.1. The Morgan fingerprint density at radius 3 is 2.68 bits per heavy atom. The quantitative estimate of drug-likeness (QED) is 0.617. The van der Waals surface area contributed by atoms with Gasteiger partial charge in [-0.25, -0.2) is 4.98 Å². The fourth-order valence-electron chi connectivity index (χ4n) is 2.95. The van der Waals surface area contributed by atoms with E-state index in [9.17, 15) is 4.79 Å². The Kier molecular flexibility index (Phi) is 3.74. The minimum absolute atomic E-state index is 0.0925. The van der Waals surface area contributed by atoms with E-state index in [0.717, 1.165) is 33.5 Å². The molecule has 0 saturated heterocycles. The first-order valence-electron chi connectivity index (χ1n) is 7.97. The Labute approximate surface area is 145 Å². The number of rotatable bonds is 3. The molecule has 0 radical (unpaired) electrons. The molecule has 122 valence electrons. The van der Waals surface area contributed by atoms with Crippen molar-refractivity contribution in [3.63, 3.8) is 0 Å². The molecule has 5 nitrogen and oxygen atoms in total. The van der Waals surface area contributed by atoms with Crippen molar-refractivity contribution in [2.75, 3.05) is 5.32 Å². The maximum absolute atomic E-state index is 11.3. The zero-order valence-electron chi connectivity index (χ0n) is 13.7. The molecule has 0 aliphatic carbocycles. The van der Waals surface area contributed by atoms with Crippen molar-refractivity contribution in [3.8, 4) is 16.8 Å². The maximum Gasteiger partial charge on any atom is 0.221 e. The van der Waals surface area contributed by atoms with Gasteiger partial charge in [-0.3, -0.25) is 9.78 Å². The van der Waals surface area contributed by atoms with Crippen LogP contribution in [0.25, 0.3) is 27.8 Å². The number of nitrogens with zero attached hydrogens (tertiary/aromatic N) is 3. The number of aromatic nitrogens is 3. The molecule has 0 aliphatic rings. The number of nitrogens with one attached hydrogen (secondary N) is 1. The number of carbonyl (C=O) groups excluding carboxylic acids is 1. The number of hydrogen-bond acceptors (Lipinski definition) is 3. The van der Waals surface area contributed by atoms with Gasteiger partial charge in [-0.05, 0) is 48.0 Å². The normalized spacial score (nSPS) is 10.8. The second-order valence-electron chi connectivity index (χ2n) is 5.75. The highest BCUT2D eigenvalue weighted by molar-refractivity contribution is 5.95. The highest BCUT2D eigenvalue weighted by Crippen LogP contribution is 2.31. The first-order valence-corrected chi connectivity index (χ1v) is 7.97. The van der Waals surface area contributed by atoms with Gasteiger partial charge < -0.3 is 9.88 Å². The maximum atomic E-state index is 11.3. The van der Waals surface area contributed by atoms with Gasteiger partial charge in [0.1, 0.15) is 5.65 Å². The van der Waals surface area contributed by atoms with Crippen LogP contribution < -0.4 is 5.32 Å². The molecule has 4 aromatic rings. The van der Waals surface area contributed by atoms with Gasteiger partial charge in [-0.1, -0.05) is 6.07 Å². The smallest absolute Gasteiger partial charge is 0.221 e. The van der Waals surface area contributed by atoms with Crippen LogP contribution >= 0.6 is 0 Å². The van der Waals surface area contributed by atoms with Gasteiger partial charge in [0.15, 0.2) is 0 Å². The zero-order valence-corrected chi connectivity index (χ0v) is 13.7. The van der Waals surface area contributed by atoms with Crippen molar-refractivity contribution in [3.05, 3.63) is 73.3 Å². The van der Waals surface area contributed by atoms with Gasteiger partial charge >= 0.3 is 0 Å². The van der Waals surface area contributed by atoms with Crippen LogP contribution in [0.5, 0.6) is 0 Å². The Hall–Kier alpha value is -3.47. The monoisotopic (exact) mass is 328 g/mol. The van der Waals surface area contributed by atoms with Crippen molar-refractivity contribution in [2.24, 2.45) is 0 Å². The summed E-state index contributed by atoms with van der Waals surface area (Å²) >= 11 is 0. The third-order valence-corrected chi connectivity index (χ3v) is 4.00. The number of fused-ring (bicyclic) bond motifs is 1. The largest absolute Gasteiger partial charge is 0.326 e. The average molecular weight is 328 g/mol. The number of amides is 1. The minimum atomic E-state index is -0.0925. The van der Waals surface area contributed by atoms with E-state index in [-0.39, 0.29) is 5.91 Å². The van der Waals surface area contributed by atoms with Crippen LogP contribution in [0.2, 0.25) is 0 Å². The lowest BCUT2D eigenvalue weighted by molar-refractivity contribution is -0.114. The number of pyridine rings is 2. The number of benzene rings is 1. The van der Waals surface area contributed by atoms with Crippen LogP contribution in [0.3, 0.4) is 0 Å². The van der Waals surface area contributed by atoms with Crippen LogP contribution in [0.15, 0.2) is 73.3 Å². The van der Waals surface area contributed by atoms with Gasteiger partial charge in [0.05, 0.1) is 0 Å². The second-order valence-corrected chi connectivity index (χ2v) is 5.75. The van der Waals surface area contributed by atoms with E-state index in [4.69, 9.17) is 0 Å². The molecular formula is C20H16N4O. The summed E-state index contributed by atoms with van der Waals surface area (Å²) in [5.74, 6) is -0.0925. The van der Waals surface area contributed by atoms with E-state index in [2.05, 4.69) is 27.5 Å². The van der Waals surface area contributed by atoms with E-state index in [1.54, 1.807) is 18.6 Å². The number of hydrogen-bond donors (Lipinski definition) is 1. The van der Waals surface area contributed by atoms with E-state index < -0.39 is 0 Å². The Balaban J connectivity index is 1.90. The molecule has 1 aromatic carbocycles. The summed E-state index contributed by atoms with van der Waals surface area (Å²) in [5.41, 5.74) is 4.75. The molecule has 0 unspecified atom stereocenters. The molecule has 0 fully saturated rings. The van der Waals surface area contributed by atoms with Crippen LogP contribution in [0, 0.1) is 0 Å². The van der Waals surface area contributed by atoms with Crippen molar-refractivity contribution in [2.45, 2.75) is 6.92 Å². The summed E-state index contributed by atoms with van der Waals surface area (Å²) in [6, 6.07) is 15.7. The molecule has 0 saturated carbocycles. The summed E-state index contributed by atoms with van der Waals surface area (Å²) in [6.45, 7) is 1.50. The molecule has 3 aromatic heterocycles.